The minimum atomic E-state index is 0.422. The Bertz CT molecular complexity index is 639. The Balaban J connectivity index is 1.85. The predicted octanol–water partition coefficient (Wildman–Crippen LogP) is 5.70. The lowest BCUT2D eigenvalue weighted by molar-refractivity contribution is 0.396. The predicted molar refractivity (Wildman–Crippen MR) is 94.3 cm³/mol. The summed E-state index contributed by atoms with van der Waals surface area (Å²) >= 11 is 7.49. The molecule has 0 saturated heterocycles. The standard InChI is InChI=1S/C18H18Br2O/c1-21-17-9-8-15(19)11-14(17)10-13-7-6-12-4-2-3-5-16(12)18(13)20/h2-5,8-9,11,13,18H,6-7,10H2,1H3. The number of fused-ring (bicyclic) bond motifs is 1. The molecule has 21 heavy (non-hydrogen) atoms. The molecule has 0 N–H and O–H groups in total. The number of halogens is 2. The smallest absolute Gasteiger partial charge is 0.122 e. The molecular weight excluding hydrogens is 392 g/mol. The minimum absolute atomic E-state index is 0.422. The van der Waals surface area contributed by atoms with Gasteiger partial charge in [0.25, 0.3) is 0 Å². The Morgan fingerprint density at radius 2 is 2.00 bits per heavy atom. The summed E-state index contributed by atoms with van der Waals surface area (Å²) in [4.78, 5) is 0.422. The normalized spacial score (nSPS) is 20.9. The Morgan fingerprint density at radius 1 is 1.19 bits per heavy atom. The van der Waals surface area contributed by atoms with Crippen LogP contribution in [0, 0.1) is 5.92 Å². The minimum Gasteiger partial charge on any atom is -0.496 e. The van der Waals surface area contributed by atoms with Gasteiger partial charge in [0, 0.05) is 9.30 Å². The number of methoxy groups -OCH3 is 1. The second-order valence-corrected chi connectivity index (χ2v) is 7.46. The van der Waals surface area contributed by atoms with Gasteiger partial charge in [0.05, 0.1) is 7.11 Å². The van der Waals surface area contributed by atoms with Crippen molar-refractivity contribution in [1.82, 2.24) is 0 Å². The molecule has 0 aliphatic heterocycles. The Kier molecular flexibility index (Phi) is 4.70. The molecule has 0 fully saturated rings. The quantitative estimate of drug-likeness (QED) is 0.591. The van der Waals surface area contributed by atoms with Crippen molar-refractivity contribution in [3.63, 3.8) is 0 Å². The molecule has 2 aromatic rings. The molecule has 0 saturated carbocycles. The zero-order valence-electron chi connectivity index (χ0n) is 12.0. The average Bonchev–Trinajstić information content (AvgIpc) is 2.51. The highest BCUT2D eigenvalue weighted by Crippen LogP contribution is 2.43. The molecule has 0 heterocycles. The van der Waals surface area contributed by atoms with E-state index in [1.807, 2.05) is 12.1 Å². The van der Waals surface area contributed by atoms with Gasteiger partial charge in [-0.15, -0.1) is 0 Å². The van der Waals surface area contributed by atoms with Crippen LogP contribution in [0.15, 0.2) is 46.9 Å². The number of hydrogen-bond donors (Lipinski definition) is 0. The van der Waals surface area contributed by atoms with Crippen molar-refractivity contribution < 1.29 is 4.74 Å². The summed E-state index contributed by atoms with van der Waals surface area (Å²) in [5, 5.41) is 0. The van der Waals surface area contributed by atoms with E-state index in [2.05, 4.69) is 62.2 Å². The van der Waals surface area contributed by atoms with Crippen molar-refractivity contribution in [3.8, 4) is 5.75 Å². The number of benzene rings is 2. The van der Waals surface area contributed by atoms with E-state index in [-0.39, 0.29) is 0 Å². The van der Waals surface area contributed by atoms with Gasteiger partial charge < -0.3 is 4.74 Å². The molecule has 0 spiro atoms. The second kappa shape index (κ2) is 6.53. The zero-order valence-corrected chi connectivity index (χ0v) is 15.2. The van der Waals surface area contributed by atoms with Gasteiger partial charge >= 0.3 is 0 Å². The van der Waals surface area contributed by atoms with Gasteiger partial charge in [-0.1, -0.05) is 56.1 Å². The van der Waals surface area contributed by atoms with Crippen molar-refractivity contribution in [2.24, 2.45) is 5.92 Å². The summed E-state index contributed by atoms with van der Waals surface area (Å²) in [5.41, 5.74) is 4.21. The monoisotopic (exact) mass is 408 g/mol. The van der Waals surface area contributed by atoms with E-state index >= 15 is 0 Å². The highest BCUT2D eigenvalue weighted by Gasteiger charge is 2.28. The van der Waals surface area contributed by atoms with Gasteiger partial charge in [0.2, 0.25) is 0 Å². The van der Waals surface area contributed by atoms with Crippen molar-refractivity contribution in [3.05, 3.63) is 63.6 Å². The first-order chi connectivity index (χ1) is 10.2. The molecule has 0 radical (unpaired) electrons. The van der Waals surface area contributed by atoms with Crippen LogP contribution in [0.1, 0.15) is 27.9 Å². The van der Waals surface area contributed by atoms with Gasteiger partial charge in [-0.2, -0.15) is 0 Å². The van der Waals surface area contributed by atoms with E-state index in [0.29, 0.717) is 10.7 Å². The van der Waals surface area contributed by atoms with E-state index in [4.69, 9.17) is 4.74 Å². The third-order valence-corrected chi connectivity index (χ3v) is 6.01. The molecular formula is C18H18Br2O. The summed E-state index contributed by atoms with van der Waals surface area (Å²) in [6, 6.07) is 15.0. The Labute approximate surface area is 143 Å². The number of aryl methyl sites for hydroxylation is 1. The third kappa shape index (κ3) is 3.19. The maximum atomic E-state index is 5.51. The molecule has 110 valence electrons. The van der Waals surface area contributed by atoms with Gasteiger partial charge in [0.15, 0.2) is 0 Å². The summed E-state index contributed by atoms with van der Waals surface area (Å²) in [6.45, 7) is 0. The lowest BCUT2D eigenvalue weighted by Crippen LogP contribution is -2.19. The van der Waals surface area contributed by atoms with Crippen LogP contribution in [0.3, 0.4) is 0 Å². The molecule has 1 nitrogen and oxygen atoms in total. The highest BCUT2D eigenvalue weighted by atomic mass is 79.9. The van der Waals surface area contributed by atoms with E-state index in [1.54, 1.807) is 7.11 Å². The Morgan fingerprint density at radius 3 is 2.81 bits per heavy atom. The first-order valence-corrected chi connectivity index (χ1v) is 8.94. The maximum Gasteiger partial charge on any atom is 0.122 e. The van der Waals surface area contributed by atoms with Crippen molar-refractivity contribution >= 4 is 31.9 Å². The lowest BCUT2D eigenvalue weighted by Gasteiger charge is -2.30. The molecule has 2 unspecified atom stereocenters. The summed E-state index contributed by atoms with van der Waals surface area (Å²) in [7, 11) is 1.74. The number of ether oxygens (including phenoxy) is 1. The van der Waals surface area contributed by atoms with Crippen LogP contribution in [0.4, 0.5) is 0 Å². The first kappa shape index (κ1) is 15.1. The van der Waals surface area contributed by atoms with Crippen LogP contribution in [0.5, 0.6) is 5.75 Å². The van der Waals surface area contributed by atoms with Crippen LogP contribution in [-0.2, 0) is 12.8 Å². The Hall–Kier alpha value is -0.800. The van der Waals surface area contributed by atoms with E-state index in [0.717, 1.165) is 16.6 Å². The van der Waals surface area contributed by atoms with Crippen molar-refractivity contribution in [2.75, 3.05) is 7.11 Å². The summed E-state index contributed by atoms with van der Waals surface area (Å²) in [5.74, 6) is 1.58. The van der Waals surface area contributed by atoms with E-state index in [1.165, 1.54) is 29.5 Å². The van der Waals surface area contributed by atoms with Gasteiger partial charge in [-0.25, -0.2) is 0 Å². The highest BCUT2D eigenvalue weighted by molar-refractivity contribution is 9.10. The first-order valence-electron chi connectivity index (χ1n) is 7.23. The lowest BCUT2D eigenvalue weighted by atomic mass is 9.80. The van der Waals surface area contributed by atoms with Crippen LogP contribution >= 0.6 is 31.9 Å². The van der Waals surface area contributed by atoms with Crippen LogP contribution < -0.4 is 4.74 Å². The number of rotatable bonds is 3. The molecule has 1 aliphatic rings. The summed E-state index contributed by atoms with van der Waals surface area (Å²) < 4.78 is 6.62. The molecule has 3 rings (SSSR count). The molecule has 3 heteroatoms. The van der Waals surface area contributed by atoms with E-state index in [9.17, 15) is 0 Å². The molecule has 2 aromatic carbocycles. The topological polar surface area (TPSA) is 9.23 Å². The SMILES string of the molecule is COc1ccc(Br)cc1CC1CCc2ccccc2C1Br. The fourth-order valence-electron chi connectivity index (χ4n) is 3.17. The maximum absolute atomic E-state index is 5.51. The largest absolute Gasteiger partial charge is 0.496 e. The fourth-order valence-corrected chi connectivity index (χ4v) is 4.47. The van der Waals surface area contributed by atoms with Gasteiger partial charge in [0.1, 0.15) is 5.75 Å². The number of alkyl halides is 1. The van der Waals surface area contributed by atoms with Crippen LogP contribution in [-0.4, -0.2) is 7.11 Å². The zero-order chi connectivity index (χ0) is 14.8. The third-order valence-electron chi connectivity index (χ3n) is 4.28. The molecule has 0 amide bonds. The fraction of sp³-hybridized carbons (Fsp3) is 0.333. The van der Waals surface area contributed by atoms with Crippen molar-refractivity contribution in [1.29, 1.82) is 0 Å². The molecule has 0 bridgehead atoms. The van der Waals surface area contributed by atoms with E-state index < -0.39 is 0 Å². The van der Waals surface area contributed by atoms with Crippen molar-refractivity contribution in [2.45, 2.75) is 24.1 Å². The van der Waals surface area contributed by atoms with Gasteiger partial charge in [-0.05, 0) is 60.1 Å². The average molecular weight is 410 g/mol. The summed E-state index contributed by atoms with van der Waals surface area (Å²) in [6.07, 6.45) is 3.41. The second-order valence-electron chi connectivity index (χ2n) is 5.56. The number of hydrogen-bond acceptors (Lipinski definition) is 1. The molecule has 2 atom stereocenters. The van der Waals surface area contributed by atoms with Gasteiger partial charge in [-0.3, -0.25) is 0 Å². The van der Waals surface area contributed by atoms with Crippen LogP contribution in [0.2, 0.25) is 0 Å². The van der Waals surface area contributed by atoms with Crippen LogP contribution in [0.25, 0.3) is 0 Å². The molecule has 1 aliphatic carbocycles. The molecule has 0 aromatic heterocycles.